The van der Waals surface area contributed by atoms with Crippen LogP contribution in [0.4, 0.5) is 14.5 Å². The lowest BCUT2D eigenvalue weighted by atomic mass is 10.2. The standard InChI is InChI=1S/C12H14F2N2O2/c13-8-1-2-10(14)11(5-8)16-12(17)6-9-7-18-4-3-15-9/h1-2,5,9,15H,3-4,6-7H2,(H,16,17). The predicted molar refractivity (Wildman–Crippen MR) is 62.2 cm³/mol. The Labute approximate surface area is 103 Å². The molecule has 4 nitrogen and oxygen atoms in total. The topological polar surface area (TPSA) is 50.4 Å². The fourth-order valence-corrected chi connectivity index (χ4v) is 1.77. The van der Waals surface area contributed by atoms with E-state index in [1.807, 2.05) is 0 Å². The third-order valence-corrected chi connectivity index (χ3v) is 2.63. The number of benzene rings is 1. The first-order valence-electron chi connectivity index (χ1n) is 5.71. The first-order chi connectivity index (χ1) is 8.65. The van der Waals surface area contributed by atoms with Gasteiger partial charge in [-0.1, -0.05) is 0 Å². The molecule has 2 N–H and O–H groups in total. The highest BCUT2D eigenvalue weighted by molar-refractivity contribution is 5.91. The molecule has 1 aliphatic rings. The molecule has 1 heterocycles. The SMILES string of the molecule is O=C(CC1COCCN1)Nc1cc(F)ccc1F. The molecule has 0 bridgehead atoms. The molecule has 1 atom stereocenters. The lowest BCUT2D eigenvalue weighted by Crippen LogP contribution is -2.43. The van der Waals surface area contributed by atoms with E-state index in [4.69, 9.17) is 4.74 Å². The van der Waals surface area contributed by atoms with Crippen LogP contribution in [-0.4, -0.2) is 31.7 Å². The molecular weight excluding hydrogens is 242 g/mol. The third kappa shape index (κ3) is 3.48. The number of rotatable bonds is 3. The second-order valence-electron chi connectivity index (χ2n) is 4.10. The highest BCUT2D eigenvalue weighted by Crippen LogP contribution is 2.15. The molecule has 1 aliphatic heterocycles. The van der Waals surface area contributed by atoms with Crippen molar-refractivity contribution in [1.82, 2.24) is 5.32 Å². The Morgan fingerprint density at radius 2 is 2.33 bits per heavy atom. The maximum atomic E-state index is 13.3. The number of hydrogen-bond acceptors (Lipinski definition) is 3. The Hall–Kier alpha value is -1.53. The van der Waals surface area contributed by atoms with Crippen LogP contribution >= 0.6 is 0 Å². The van der Waals surface area contributed by atoms with Crippen LogP contribution in [0.15, 0.2) is 18.2 Å². The van der Waals surface area contributed by atoms with Crippen LogP contribution in [0.2, 0.25) is 0 Å². The molecule has 18 heavy (non-hydrogen) atoms. The van der Waals surface area contributed by atoms with Gasteiger partial charge in [-0.25, -0.2) is 8.78 Å². The van der Waals surface area contributed by atoms with Crippen LogP contribution in [0, 0.1) is 11.6 Å². The molecule has 1 amide bonds. The fraction of sp³-hybridized carbons (Fsp3) is 0.417. The number of carbonyl (C=O) groups is 1. The van der Waals surface area contributed by atoms with E-state index in [-0.39, 0.29) is 24.1 Å². The summed E-state index contributed by atoms with van der Waals surface area (Å²) in [5.41, 5.74) is -0.142. The van der Waals surface area contributed by atoms with Gasteiger partial charge >= 0.3 is 0 Å². The van der Waals surface area contributed by atoms with Crippen LogP contribution in [0.1, 0.15) is 6.42 Å². The van der Waals surface area contributed by atoms with Crippen molar-refractivity contribution in [3.63, 3.8) is 0 Å². The van der Waals surface area contributed by atoms with Gasteiger partial charge in [0.25, 0.3) is 0 Å². The highest BCUT2D eigenvalue weighted by atomic mass is 19.1. The normalized spacial score (nSPS) is 19.6. The Morgan fingerprint density at radius 1 is 1.50 bits per heavy atom. The van der Waals surface area contributed by atoms with Crippen molar-refractivity contribution in [2.45, 2.75) is 12.5 Å². The smallest absolute Gasteiger partial charge is 0.226 e. The van der Waals surface area contributed by atoms with Gasteiger partial charge in [0.15, 0.2) is 0 Å². The third-order valence-electron chi connectivity index (χ3n) is 2.63. The van der Waals surface area contributed by atoms with Crippen LogP contribution in [-0.2, 0) is 9.53 Å². The fourth-order valence-electron chi connectivity index (χ4n) is 1.77. The van der Waals surface area contributed by atoms with Crippen molar-refractivity contribution in [2.75, 3.05) is 25.1 Å². The van der Waals surface area contributed by atoms with Gasteiger partial charge in [-0.3, -0.25) is 4.79 Å². The average Bonchev–Trinajstić information content (AvgIpc) is 2.35. The molecule has 0 radical (unpaired) electrons. The molecule has 0 aromatic heterocycles. The van der Waals surface area contributed by atoms with Crippen molar-refractivity contribution in [2.24, 2.45) is 0 Å². The number of amides is 1. The molecule has 98 valence electrons. The summed E-state index contributed by atoms with van der Waals surface area (Å²) in [5.74, 6) is -1.62. The van der Waals surface area contributed by atoms with Gasteiger partial charge in [-0.2, -0.15) is 0 Å². The van der Waals surface area contributed by atoms with Crippen molar-refractivity contribution in [3.8, 4) is 0 Å². The maximum Gasteiger partial charge on any atom is 0.226 e. The number of anilines is 1. The number of hydrogen-bond donors (Lipinski definition) is 2. The second-order valence-corrected chi connectivity index (χ2v) is 4.10. The van der Waals surface area contributed by atoms with Gasteiger partial charge in [-0.05, 0) is 12.1 Å². The number of ether oxygens (including phenoxy) is 1. The number of morpholine rings is 1. The summed E-state index contributed by atoms with van der Waals surface area (Å²) in [6.45, 7) is 1.75. The molecule has 2 rings (SSSR count). The zero-order valence-electron chi connectivity index (χ0n) is 9.71. The molecule has 0 saturated carbocycles. The van der Waals surface area contributed by atoms with Gasteiger partial charge in [0, 0.05) is 25.1 Å². The Morgan fingerprint density at radius 3 is 3.06 bits per heavy atom. The number of carbonyl (C=O) groups excluding carboxylic acids is 1. The Kier molecular flexibility index (Phi) is 4.22. The lowest BCUT2D eigenvalue weighted by Gasteiger charge is -2.23. The summed E-state index contributed by atoms with van der Waals surface area (Å²) >= 11 is 0. The van der Waals surface area contributed by atoms with E-state index < -0.39 is 11.6 Å². The molecule has 1 aromatic rings. The van der Waals surface area contributed by atoms with Crippen molar-refractivity contribution in [3.05, 3.63) is 29.8 Å². The minimum atomic E-state index is -0.655. The summed E-state index contributed by atoms with van der Waals surface area (Å²) in [4.78, 5) is 11.6. The van der Waals surface area contributed by atoms with Crippen molar-refractivity contribution >= 4 is 11.6 Å². The van der Waals surface area contributed by atoms with Gasteiger partial charge in [-0.15, -0.1) is 0 Å². The zero-order chi connectivity index (χ0) is 13.0. The van der Waals surface area contributed by atoms with E-state index in [0.717, 1.165) is 18.2 Å². The Bertz CT molecular complexity index is 434. The largest absolute Gasteiger partial charge is 0.378 e. The number of nitrogens with one attached hydrogen (secondary N) is 2. The van der Waals surface area contributed by atoms with Gasteiger partial charge in [0.05, 0.1) is 18.9 Å². The molecule has 0 spiro atoms. The van der Waals surface area contributed by atoms with E-state index >= 15 is 0 Å². The molecule has 1 saturated heterocycles. The maximum absolute atomic E-state index is 13.3. The van der Waals surface area contributed by atoms with Crippen LogP contribution < -0.4 is 10.6 Å². The average molecular weight is 256 g/mol. The first-order valence-corrected chi connectivity index (χ1v) is 5.71. The van der Waals surface area contributed by atoms with E-state index in [1.54, 1.807) is 0 Å². The lowest BCUT2D eigenvalue weighted by molar-refractivity contribution is -0.117. The van der Waals surface area contributed by atoms with Gasteiger partial charge in [0.1, 0.15) is 11.6 Å². The zero-order valence-corrected chi connectivity index (χ0v) is 9.71. The summed E-state index contributed by atoms with van der Waals surface area (Å²) in [7, 11) is 0. The summed E-state index contributed by atoms with van der Waals surface area (Å²) < 4.78 is 31.4. The summed E-state index contributed by atoms with van der Waals surface area (Å²) in [5, 5.41) is 5.46. The minimum absolute atomic E-state index is 0.0876. The monoisotopic (exact) mass is 256 g/mol. The minimum Gasteiger partial charge on any atom is -0.378 e. The molecule has 1 fully saturated rings. The van der Waals surface area contributed by atoms with E-state index in [9.17, 15) is 13.6 Å². The van der Waals surface area contributed by atoms with Crippen LogP contribution in [0.5, 0.6) is 0 Å². The van der Waals surface area contributed by atoms with E-state index in [1.165, 1.54) is 0 Å². The van der Waals surface area contributed by atoms with Gasteiger partial charge in [0.2, 0.25) is 5.91 Å². The number of halogens is 2. The molecule has 6 heteroatoms. The summed E-state index contributed by atoms with van der Waals surface area (Å²) in [6, 6.07) is 2.85. The Balaban J connectivity index is 1.92. The van der Waals surface area contributed by atoms with Crippen molar-refractivity contribution < 1.29 is 18.3 Å². The molecular formula is C12H14F2N2O2. The quantitative estimate of drug-likeness (QED) is 0.856. The molecule has 1 unspecified atom stereocenters. The van der Waals surface area contributed by atoms with E-state index in [0.29, 0.717) is 19.8 Å². The van der Waals surface area contributed by atoms with E-state index in [2.05, 4.69) is 10.6 Å². The van der Waals surface area contributed by atoms with Crippen molar-refractivity contribution in [1.29, 1.82) is 0 Å². The molecule has 0 aliphatic carbocycles. The first kappa shape index (κ1) is 12.9. The van der Waals surface area contributed by atoms with Crippen LogP contribution in [0.3, 0.4) is 0 Å². The second kappa shape index (κ2) is 5.88. The van der Waals surface area contributed by atoms with Crippen LogP contribution in [0.25, 0.3) is 0 Å². The summed E-state index contributed by atoms with van der Waals surface area (Å²) in [6.07, 6.45) is 0.163. The highest BCUT2D eigenvalue weighted by Gasteiger charge is 2.17. The van der Waals surface area contributed by atoms with Gasteiger partial charge < -0.3 is 15.4 Å². The predicted octanol–water partition coefficient (Wildman–Crippen LogP) is 1.28. The molecule has 1 aromatic carbocycles.